The Hall–Kier alpha value is -0.430. The van der Waals surface area contributed by atoms with Gasteiger partial charge in [0.2, 0.25) is 8.38 Å². The van der Waals surface area contributed by atoms with Crippen LogP contribution in [0, 0.1) is 0 Å². The third-order valence-electron chi connectivity index (χ3n) is 1.71. The van der Waals surface area contributed by atoms with Crippen molar-refractivity contribution in [2.75, 3.05) is 7.11 Å². The lowest BCUT2D eigenvalue weighted by Gasteiger charge is -2.07. The molecular formula is C9H13O2P. The van der Waals surface area contributed by atoms with Crippen LogP contribution in [-0.4, -0.2) is 12.0 Å². The highest BCUT2D eigenvalue weighted by Gasteiger charge is 2.05. The fraction of sp³-hybridized carbons (Fsp3) is 0.333. The first kappa shape index (κ1) is 9.66. The molecule has 0 saturated carbocycles. The van der Waals surface area contributed by atoms with Crippen molar-refractivity contribution in [1.82, 2.24) is 0 Å². The van der Waals surface area contributed by atoms with Gasteiger partial charge in [-0.3, -0.25) is 0 Å². The molecule has 0 aliphatic carbocycles. The van der Waals surface area contributed by atoms with Crippen molar-refractivity contribution in [2.45, 2.75) is 13.3 Å². The summed E-state index contributed by atoms with van der Waals surface area (Å²) < 4.78 is 4.86. The third kappa shape index (κ3) is 2.28. The van der Waals surface area contributed by atoms with Crippen LogP contribution in [0.25, 0.3) is 0 Å². The second-order valence-corrected chi connectivity index (χ2v) is 3.91. The van der Waals surface area contributed by atoms with E-state index >= 15 is 0 Å². The lowest BCUT2D eigenvalue weighted by Crippen LogP contribution is -2.01. The molecule has 0 aliphatic rings. The van der Waals surface area contributed by atoms with E-state index in [2.05, 4.69) is 6.92 Å². The second kappa shape index (κ2) is 4.56. The van der Waals surface area contributed by atoms with Gasteiger partial charge in [-0.05, 0) is 24.1 Å². The maximum Gasteiger partial charge on any atom is 0.202 e. The number of hydrogen-bond donors (Lipinski definition) is 1. The van der Waals surface area contributed by atoms with E-state index < -0.39 is 8.38 Å². The highest BCUT2D eigenvalue weighted by atomic mass is 31.2. The fourth-order valence-corrected chi connectivity index (χ4v) is 1.70. The lowest BCUT2D eigenvalue weighted by atomic mass is 10.2. The predicted octanol–water partition coefficient (Wildman–Crippen LogP) is 1.82. The lowest BCUT2D eigenvalue weighted by molar-refractivity contribution is 0.400. The van der Waals surface area contributed by atoms with Crippen molar-refractivity contribution in [1.29, 1.82) is 0 Å². The minimum Gasteiger partial charge on any atom is -0.346 e. The van der Waals surface area contributed by atoms with Gasteiger partial charge >= 0.3 is 0 Å². The summed E-state index contributed by atoms with van der Waals surface area (Å²) in [5, 5.41) is 0.881. The SMILES string of the molecule is CCc1cccc(P(O)OC)c1. The van der Waals surface area contributed by atoms with Gasteiger partial charge in [0.05, 0.1) is 0 Å². The van der Waals surface area contributed by atoms with Crippen molar-refractivity contribution >= 4 is 13.7 Å². The molecule has 0 radical (unpaired) electrons. The number of rotatable bonds is 3. The van der Waals surface area contributed by atoms with Crippen molar-refractivity contribution in [3.63, 3.8) is 0 Å². The first-order chi connectivity index (χ1) is 5.77. The van der Waals surface area contributed by atoms with Gasteiger partial charge in [0.25, 0.3) is 0 Å². The summed E-state index contributed by atoms with van der Waals surface area (Å²) in [6.07, 6.45) is 0.987. The Balaban J connectivity index is 2.86. The molecule has 3 heteroatoms. The van der Waals surface area contributed by atoms with Gasteiger partial charge in [0.15, 0.2) is 0 Å². The van der Waals surface area contributed by atoms with Gasteiger partial charge in [-0.25, -0.2) is 0 Å². The Kier molecular flexibility index (Phi) is 3.67. The number of hydrogen-bond acceptors (Lipinski definition) is 2. The first-order valence-electron chi connectivity index (χ1n) is 3.90. The second-order valence-electron chi connectivity index (χ2n) is 2.48. The summed E-state index contributed by atoms with van der Waals surface area (Å²) in [6, 6.07) is 7.85. The molecule has 1 rings (SSSR count). The number of benzene rings is 1. The maximum absolute atomic E-state index is 9.39. The molecule has 66 valence electrons. The summed E-state index contributed by atoms with van der Waals surface area (Å²) in [5.74, 6) is 0. The smallest absolute Gasteiger partial charge is 0.202 e. The van der Waals surface area contributed by atoms with Crippen LogP contribution in [-0.2, 0) is 10.9 Å². The Labute approximate surface area is 74.1 Å². The van der Waals surface area contributed by atoms with E-state index in [4.69, 9.17) is 4.52 Å². The van der Waals surface area contributed by atoms with Crippen LogP contribution in [0.5, 0.6) is 0 Å². The van der Waals surface area contributed by atoms with E-state index in [-0.39, 0.29) is 0 Å². The monoisotopic (exact) mass is 184 g/mol. The van der Waals surface area contributed by atoms with Crippen LogP contribution >= 0.6 is 8.38 Å². The van der Waals surface area contributed by atoms with Crippen molar-refractivity contribution < 1.29 is 9.42 Å². The van der Waals surface area contributed by atoms with Crippen LogP contribution in [0.15, 0.2) is 24.3 Å². The third-order valence-corrected chi connectivity index (χ3v) is 2.78. The van der Waals surface area contributed by atoms with E-state index in [1.807, 2.05) is 24.3 Å². The summed E-state index contributed by atoms with van der Waals surface area (Å²) in [5.41, 5.74) is 1.23. The standard InChI is InChI=1S/C9H13O2P/c1-3-8-5-4-6-9(7-8)12(10)11-2/h4-7,10H,3H2,1-2H3. The Morgan fingerprint density at radius 2 is 2.25 bits per heavy atom. The molecule has 1 aromatic rings. The highest BCUT2D eigenvalue weighted by Crippen LogP contribution is 2.28. The fourth-order valence-electron chi connectivity index (χ4n) is 1.00. The van der Waals surface area contributed by atoms with Crippen LogP contribution < -0.4 is 5.30 Å². The Morgan fingerprint density at radius 3 is 2.83 bits per heavy atom. The minimum absolute atomic E-state index is 0.881. The Bertz CT molecular complexity index is 250. The molecule has 0 spiro atoms. The zero-order valence-corrected chi connectivity index (χ0v) is 8.21. The van der Waals surface area contributed by atoms with Crippen molar-refractivity contribution in [3.8, 4) is 0 Å². The molecule has 0 aliphatic heterocycles. The molecule has 0 aromatic heterocycles. The minimum atomic E-state index is -1.40. The molecule has 0 bridgehead atoms. The van der Waals surface area contributed by atoms with Crippen molar-refractivity contribution in [2.24, 2.45) is 0 Å². The van der Waals surface area contributed by atoms with Gasteiger partial charge < -0.3 is 9.42 Å². The maximum atomic E-state index is 9.39. The molecule has 1 atom stereocenters. The molecule has 0 heterocycles. The average Bonchev–Trinajstić information content (AvgIpc) is 2.17. The first-order valence-corrected chi connectivity index (χ1v) is 5.11. The number of aryl methyl sites for hydroxylation is 1. The van der Waals surface area contributed by atoms with E-state index in [0.717, 1.165) is 11.7 Å². The molecule has 0 saturated heterocycles. The molecule has 12 heavy (non-hydrogen) atoms. The molecule has 1 aromatic carbocycles. The van der Waals surface area contributed by atoms with E-state index in [0.29, 0.717) is 0 Å². The molecule has 1 unspecified atom stereocenters. The van der Waals surface area contributed by atoms with E-state index in [1.54, 1.807) is 0 Å². The van der Waals surface area contributed by atoms with Crippen LogP contribution in [0.2, 0.25) is 0 Å². The van der Waals surface area contributed by atoms with Gasteiger partial charge in [0.1, 0.15) is 0 Å². The summed E-state index contributed by atoms with van der Waals surface area (Å²) in [7, 11) is 0.123. The molecule has 1 N–H and O–H groups in total. The summed E-state index contributed by atoms with van der Waals surface area (Å²) in [6.45, 7) is 2.09. The molecule has 2 nitrogen and oxygen atoms in total. The largest absolute Gasteiger partial charge is 0.346 e. The average molecular weight is 184 g/mol. The normalized spacial score (nSPS) is 12.9. The van der Waals surface area contributed by atoms with Crippen molar-refractivity contribution in [3.05, 3.63) is 29.8 Å². The molecule has 0 amide bonds. The van der Waals surface area contributed by atoms with Gasteiger partial charge in [0, 0.05) is 12.4 Å². The quantitative estimate of drug-likeness (QED) is 0.726. The molecular weight excluding hydrogens is 171 g/mol. The van der Waals surface area contributed by atoms with Gasteiger partial charge in [-0.2, -0.15) is 0 Å². The van der Waals surface area contributed by atoms with Crippen LogP contribution in [0.1, 0.15) is 12.5 Å². The van der Waals surface area contributed by atoms with Crippen LogP contribution in [0.4, 0.5) is 0 Å². The Morgan fingerprint density at radius 1 is 1.50 bits per heavy atom. The molecule has 0 fully saturated rings. The topological polar surface area (TPSA) is 29.5 Å². The summed E-state index contributed by atoms with van der Waals surface area (Å²) in [4.78, 5) is 9.39. The van der Waals surface area contributed by atoms with Gasteiger partial charge in [-0.15, -0.1) is 0 Å². The van der Waals surface area contributed by atoms with Crippen LogP contribution in [0.3, 0.4) is 0 Å². The summed E-state index contributed by atoms with van der Waals surface area (Å²) >= 11 is 0. The zero-order chi connectivity index (χ0) is 8.97. The van der Waals surface area contributed by atoms with Gasteiger partial charge in [-0.1, -0.05) is 19.1 Å². The predicted molar refractivity (Wildman–Crippen MR) is 51.6 cm³/mol. The highest BCUT2D eigenvalue weighted by molar-refractivity contribution is 7.54. The van der Waals surface area contributed by atoms with E-state index in [1.165, 1.54) is 12.7 Å². The zero-order valence-electron chi connectivity index (χ0n) is 7.32. The van der Waals surface area contributed by atoms with E-state index in [9.17, 15) is 4.89 Å².